The summed E-state index contributed by atoms with van der Waals surface area (Å²) < 4.78 is 64.9. The molecule has 0 aliphatic rings. The number of aryl methyl sites for hydroxylation is 1. The topological polar surface area (TPSA) is 98.8 Å². The summed E-state index contributed by atoms with van der Waals surface area (Å²) in [4.78, 5) is 0.0645. The van der Waals surface area contributed by atoms with Gasteiger partial charge in [0.25, 0.3) is 10.1 Å². The summed E-state index contributed by atoms with van der Waals surface area (Å²) in [7, 11) is 3.61. The standard InChI is InChI=1S/C28H34O9S/c1-19-7-11-22(12-8-19)38(29,30)37-17-23(20-9-13-24(32-3)26(15-20)34-5)28(36-18-31-2)21-10-14-25(33-4)27(16-21)35-6/h7-16,23,28H,17-18H2,1-6H3/t23-,28-/m1/s1. The van der Waals surface area contributed by atoms with Crippen LogP contribution in [0, 0.1) is 6.92 Å². The van der Waals surface area contributed by atoms with E-state index in [4.69, 9.17) is 32.6 Å². The first kappa shape index (κ1) is 29.2. The molecule has 3 aromatic rings. The van der Waals surface area contributed by atoms with Crippen LogP contribution in [0.5, 0.6) is 23.0 Å². The monoisotopic (exact) mass is 546 g/mol. The Labute approximate surface area is 224 Å². The predicted molar refractivity (Wildman–Crippen MR) is 142 cm³/mol. The zero-order chi connectivity index (χ0) is 27.7. The molecule has 0 fully saturated rings. The van der Waals surface area contributed by atoms with Gasteiger partial charge in [0.2, 0.25) is 0 Å². The Morgan fingerprint density at radius 3 is 1.74 bits per heavy atom. The highest BCUT2D eigenvalue weighted by molar-refractivity contribution is 7.86. The van der Waals surface area contributed by atoms with Crippen LogP contribution in [0.25, 0.3) is 0 Å². The van der Waals surface area contributed by atoms with Gasteiger partial charge >= 0.3 is 0 Å². The van der Waals surface area contributed by atoms with Crippen molar-refractivity contribution in [3.05, 3.63) is 77.4 Å². The molecular weight excluding hydrogens is 512 g/mol. The maximum absolute atomic E-state index is 13.1. The molecule has 0 unspecified atom stereocenters. The van der Waals surface area contributed by atoms with Gasteiger partial charge in [0.1, 0.15) is 6.79 Å². The SMILES string of the molecule is COCO[C@H](c1ccc(OC)c(OC)c1)[C@H](COS(=O)(=O)c1ccc(C)cc1)c1ccc(OC)c(OC)c1. The minimum Gasteiger partial charge on any atom is -0.493 e. The Bertz CT molecular complexity index is 1290. The number of methoxy groups -OCH3 is 5. The fourth-order valence-electron chi connectivity index (χ4n) is 3.99. The molecule has 206 valence electrons. The van der Waals surface area contributed by atoms with Gasteiger partial charge in [-0.2, -0.15) is 8.42 Å². The van der Waals surface area contributed by atoms with E-state index in [9.17, 15) is 8.42 Å². The molecule has 9 nitrogen and oxygen atoms in total. The Morgan fingerprint density at radius 1 is 0.684 bits per heavy atom. The molecule has 0 bridgehead atoms. The van der Waals surface area contributed by atoms with Crippen LogP contribution in [-0.2, 0) is 23.8 Å². The molecule has 0 heterocycles. The van der Waals surface area contributed by atoms with Gasteiger partial charge in [0.05, 0.1) is 46.0 Å². The van der Waals surface area contributed by atoms with E-state index in [-0.39, 0.29) is 18.3 Å². The molecule has 0 amide bonds. The van der Waals surface area contributed by atoms with Crippen molar-refractivity contribution in [2.24, 2.45) is 0 Å². The van der Waals surface area contributed by atoms with E-state index in [2.05, 4.69) is 0 Å². The molecule has 2 atom stereocenters. The van der Waals surface area contributed by atoms with Gasteiger partial charge in [0.15, 0.2) is 23.0 Å². The van der Waals surface area contributed by atoms with Crippen LogP contribution in [0.4, 0.5) is 0 Å². The predicted octanol–water partition coefficient (Wildman–Crippen LogP) is 4.88. The number of benzene rings is 3. The van der Waals surface area contributed by atoms with E-state index in [0.29, 0.717) is 34.1 Å². The smallest absolute Gasteiger partial charge is 0.296 e. The lowest BCUT2D eigenvalue weighted by Crippen LogP contribution is -2.23. The third kappa shape index (κ3) is 6.96. The van der Waals surface area contributed by atoms with Crippen molar-refractivity contribution < 1.29 is 41.0 Å². The van der Waals surface area contributed by atoms with E-state index >= 15 is 0 Å². The van der Waals surface area contributed by atoms with Crippen molar-refractivity contribution in [1.29, 1.82) is 0 Å². The largest absolute Gasteiger partial charge is 0.493 e. The first-order valence-corrected chi connectivity index (χ1v) is 13.2. The lowest BCUT2D eigenvalue weighted by atomic mass is 9.89. The third-order valence-corrected chi connectivity index (χ3v) is 7.31. The molecule has 10 heteroatoms. The molecule has 0 radical (unpaired) electrons. The highest BCUT2D eigenvalue weighted by Gasteiger charge is 2.30. The first-order valence-electron chi connectivity index (χ1n) is 11.8. The second kappa shape index (κ2) is 13.5. The Morgan fingerprint density at radius 2 is 1.21 bits per heavy atom. The average molecular weight is 547 g/mol. The van der Waals surface area contributed by atoms with Crippen LogP contribution in [0.15, 0.2) is 65.6 Å². The van der Waals surface area contributed by atoms with Gasteiger partial charge in [-0.1, -0.05) is 29.8 Å². The molecule has 0 saturated heterocycles. The normalized spacial score (nSPS) is 13.0. The Hall–Kier alpha value is -3.31. The average Bonchev–Trinajstić information content (AvgIpc) is 2.94. The molecule has 0 N–H and O–H groups in total. The van der Waals surface area contributed by atoms with Crippen LogP contribution < -0.4 is 18.9 Å². The molecule has 3 rings (SSSR count). The van der Waals surface area contributed by atoms with Crippen molar-refractivity contribution in [2.75, 3.05) is 48.9 Å². The van der Waals surface area contributed by atoms with Crippen LogP contribution >= 0.6 is 0 Å². The fourth-order valence-corrected chi connectivity index (χ4v) is 4.92. The van der Waals surface area contributed by atoms with Gasteiger partial charge in [-0.25, -0.2) is 0 Å². The summed E-state index contributed by atoms with van der Waals surface area (Å²) >= 11 is 0. The van der Waals surface area contributed by atoms with Gasteiger partial charge in [0, 0.05) is 13.0 Å². The Balaban J connectivity index is 2.09. The quantitative estimate of drug-likeness (QED) is 0.207. The van der Waals surface area contributed by atoms with Gasteiger partial charge in [-0.05, 0) is 54.4 Å². The highest BCUT2D eigenvalue weighted by atomic mass is 32.2. The summed E-state index contributed by atoms with van der Waals surface area (Å²) in [6.07, 6.45) is -0.693. The van der Waals surface area contributed by atoms with Crippen molar-refractivity contribution in [3.8, 4) is 23.0 Å². The summed E-state index contributed by atoms with van der Waals surface area (Å²) in [5.41, 5.74) is 2.35. The van der Waals surface area contributed by atoms with E-state index in [0.717, 1.165) is 5.56 Å². The van der Waals surface area contributed by atoms with Crippen molar-refractivity contribution in [3.63, 3.8) is 0 Å². The van der Waals surface area contributed by atoms with Crippen molar-refractivity contribution in [2.45, 2.75) is 23.8 Å². The van der Waals surface area contributed by atoms with Crippen molar-refractivity contribution in [1.82, 2.24) is 0 Å². The maximum Gasteiger partial charge on any atom is 0.296 e. The number of ether oxygens (including phenoxy) is 6. The number of rotatable bonds is 14. The second-order valence-corrected chi connectivity index (χ2v) is 10.00. The summed E-state index contributed by atoms with van der Waals surface area (Å²) in [5, 5.41) is 0. The van der Waals surface area contributed by atoms with E-state index < -0.39 is 22.1 Å². The van der Waals surface area contributed by atoms with Gasteiger partial charge < -0.3 is 28.4 Å². The highest BCUT2D eigenvalue weighted by Crippen LogP contribution is 2.41. The maximum atomic E-state index is 13.1. The van der Waals surface area contributed by atoms with E-state index in [1.54, 1.807) is 50.6 Å². The van der Waals surface area contributed by atoms with E-state index in [1.807, 2.05) is 19.1 Å². The van der Waals surface area contributed by atoms with Crippen LogP contribution in [0.2, 0.25) is 0 Å². The first-order chi connectivity index (χ1) is 18.3. The summed E-state index contributed by atoms with van der Waals surface area (Å²) in [6.45, 7) is 1.60. The van der Waals surface area contributed by atoms with Gasteiger partial charge in [-0.3, -0.25) is 4.18 Å². The summed E-state index contributed by atoms with van der Waals surface area (Å²) in [6, 6.07) is 17.2. The molecule has 0 aliphatic heterocycles. The van der Waals surface area contributed by atoms with E-state index in [1.165, 1.54) is 33.5 Å². The fraction of sp³-hybridized carbons (Fsp3) is 0.357. The van der Waals surface area contributed by atoms with Crippen LogP contribution in [0.3, 0.4) is 0 Å². The van der Waals surface area contributed by atoms with Crippen molar-refractivity contribution >= 4 is 10.1 Å². The zero-order valence-corrected chi connectivity index (χ0v) is 23.2. The third-order valence-electron chi connectivity index (χ3n) is 6.02. The molecule has 38 heavy (non-hydrogen) atoms. The lowest BCUT2D eigenvalue weighted by Gasteiger charge is -2.28. The number of hydrogen-bond acceptors (Lipinski definition) is 9. The summed E-state index contributed by atoms with van der Waals surface area (Å²) in [5.74, 6) is 1.44. The molecular formula is C28H34O9S. The zero-order valence-electron chi connectivity index (χ0n) is 22.4. The minimum absolute atomic E-state index is 0.0481. The molecule has 0 aromatic heterocycles. The Kier molecular flexibility index (Phi) is 10.4. The van der Waals surface area contributed by atoms with Gasteiger partial charge in [-0.15, -0.1) is 0 Å². The molecule has 3 aromatic carbocycles. The molecule has 0 spiro atoms. The van der Waals surface area contributed by atoms with Crippen LogP contribution in [0.1, 0.15) is 28.7 Å². The number of hydrogen-bond donors (Lipinski definition) is 0. The van der Waals surface area contributed by atoms with Crippen LogP contribution in [-0.4, -0.2) is 57.4 Å². The molecule has 0 saturated carbocycles. The molecule has 0 aliphatic carbocycles. The second-order valence-electron chi connectivity index (χ2n) is 8.38. The minimum atomic E-state index is -4.06. The lowest BCUT2D eigenvalue weighted by molar-refractivity contribution is -0.0861.